The van der Waals surface area contributed by atoms with Crippen LogP contribution in [-0.4, -0.2) is 58.2 Å². The van der Waals surface area contributed by atoms with Crippen LogP contribution >= 0.6 is 0 Å². The molecular weight excluding hydrogens is 266 g/mol. The normalized spacial score (nSPS) is 16.7. The van der Waals surface area contributed by atoms with Crippen molar-refractivity contribution in [2.75, 3.05) is 40.6 Å². The number of carbonyl (C=O) groups excluding carboxylic acids is 2. The first kappa shape index (κ1) is 16.7. The predicted octanol–water partition coefficient (Wildman–Crippen LogP) is 0.861. The van der Waals surface area contributed by atoms with Gasteiger partial charge in [0.15, 0.2) is 0 Å². The maximum absolute atomic E-state index is 12.1. The Morgan fingerprint density at radius 3 is 2.05 bits per heavy atom. The highest BCUT2D eigenvalue weighted by atomic mass is 16.6. The Morgan fingerprint density at radius 1 is 0.950 bits per heavy atom. The minimum absolute atomic E-state index is 0.150. The number of hydrogen-bond donors (Lipinski definition) is 1. The molecule has 20 heavy (non-hydrogen) atoms. The van der Waals surface area contributed by atoms with Gasteiger partial charge in [-0.15, -0.1) is 0 Å². The van der Waals surface area contributed by atoms with Gasteiger partial charge in [-0.3, -0.25) is 0 Å². The fraction of sp³-hybridized carbons (Fsp3) is 0.846. The zero-order chi connectivity index (χ0) is 14.8. The van der Waals surface area contributed by atoms with E-state index in [1.54, 1.807) is 0 Å². The molecule has 1 N–H and O–H groups in total. The van der Waals surface area contributed by atoms with Crippen molar-refractivity contribution in [3.05, 3.63) is 0 Å². The number of amides is 1. The third-order valence-electron chi connectivity index (χ3n) is 3.23. The Bertz CT molecular complexity index is 314. The minimum atomic E-state index is -0.960. The molecule has 0 radical (unpaired) electrons. The van der Waals surface area contributed by atoms with E-state index in [1.807, 2.05) is 0 Å². The largest absolute Gasteiger partial charge is 0.461 e. The van der Waals surface area contributed by atoms with Gasteiger partial charge in [-0.1, -0.05) is 12.8 Å². The van der Waals surface area contributed by atoms with Crippen LogP contribution in [0.5, 0.6) is 0 Å². The molecule has 0 aliphatic heterocycles. The summed E-state index contributed by atoms with van der Waals surface area (Å²) in [5.74, 6) is -0.421. The number of esters is 1. The van der Waals surface area contributed by atoms with Gasteiger partial charge in [-0.2, -0.15) is 0 Å². The number of alkyl carbamates (subject to hydrolysis) is 1. The van der Waals surface area contributed by atoms with Gasteiger partial charge in [0.25, 0.3) is 0 Å². The first-order chi connectivity index (χ1) is 9.64. The second kappa shape index (κ2) is 8.76. The molecule has 0 aromatic rings. The van der Waals surface area contributed by atoms with Crippen LogP contribution in [0.4, 0.5) is 4.79 Å². The summed E-state index contributed by atoms with van der Waals surface area (Å²) in [5.41, 5.74) is -0.960. The van der Waals surface area contributed by atoms with Gasteiger partial charge < -0.3 is 24.3 Å². The third-order valence-corrected chi connectivity index (χ3v) is 3.23. The highest BCUT2D eigenvalue weighted by molar-refractivity contribution is 5.86. The molecule has 0 aromatic carbocycles. The van der Waals surface area contributed by atoms with E-state index in [0.717, 1.165) is 12.8 Å². The van der Waals surface area contributed by atoms with Gasteiger partial charge in [0.05, 0.1) is 13.2 Å². The Balaban J connectivity index is 2.49. The van der Waals surface area contributed by atoms with Crippen LogP contribution < -0.4 is 5.32 Å². The molecule has 7 nitrogen and oxygen atoms in total. The number of hydrogen-bond acceptors (Lipinski definition) is 6. The number of methoxy groups -OCH3 is 2. The summed E-state index contributed by atoms with van der Waals surface area (Å²) in [6, 6.07) is 0. The van der Waals surface area contributed by atoms with Crippen LogP contribution in [0.2, 0.25) is 0 Å². The van der Waals surface area contributed by atoms with E-state index in [4.69, 9.17) is 18.9 Å². The maximum Gasteiger partial charge on any atom is 0.408 e. The standard InChI is InChI=1S/C13H23NO6/c1-17-7-9-19-11(15)13(5-3-4-6-13)14-12(16)20-10-8-18-2/h3-10H2,1-2H3,(H,14,16). The quantitative estimate of drug-likeness (QED) is 0.527. The van der Waals surface area contributed by atoms with Gasteiger partial charge in [-0.05, 0) is 12.8 Å². The van der Waals surface area contributed by atoms with E-state index in [9.17, 15) is 9.59 Å². The molecule has 1 amide bonds. The lowest BCUT2D eigenvalue weighted by molar-refractivity contribution is -0.152. The lowest BCUT2D eigenvalue weighted by Gasteiger charge is -2.27. The fourth-order valence-electron chi connectivity index (χ4n) is 2.16. The molecule has 1 aliphatic carbocycles. The van der Waals surface area contributed by atoms with Crippen molar-refractivity contribution in [1.29, 1.82) is 0 Å². The smallest absolute Gasteiger partial charge is 0.408 e. The molecule has 116 valence electrons. The van der Waals surface area contributed by atoms with Crippen molar-refractivity contribution in [2.45, 2.75) is 31.2 Å². The molecule has 0 spiro atoms. The van der Waals surface area contributed by atoms with Gasteiger partial charge in [0.1, 0.15) is 18.8 Å². The lowest BCUT2D eigenvalue weighted by atomic mass is 9.98. The molecule has 1 rings (SSSR count). The van der Waals surface area contributed by atoms with E-state index in [0.29, 0.717) is 26.1 Å². The van der Waals surface area contributed by atoms with Gasteiger partial charge >= 0.3 is 12.1 Å². The number of rotatable bonds is 8. The van der Waals surface area contributed by atoms with E-state index in [-0.39, 0.29) is 13.2 Å². The Labute approximate surface area is 118 Å². The summed E-state index contributed by atoms with van der Waals surface area (Å²) < 4.78 is 19.7. The van der Waals surface area contributed by atoms with Crippen LogP contribution in [0.15, 0.2) is 0 Å². The van der Waals surface area contributed by atoms with Gasteiger partial charge in [-0.25, -0.2) is 9.59 Å². The predicted molar refractivity (Wildman–Crippen MR) is 70.4 cm³/mol. The van der Waals surface area contributed by atoms with Crippen molar-refractivity contribution in [1.82, 2.24) is 5.32 Å². The first-order valence-corrected chi connectivity index (χ1v) is 6.74. The van der Waals surface area contributed by atoms with Gasteiger partial charge in [0.2, 0.25) is 0 Å². The van der Waals surface area contributed by atoms with E-state index < -0.39 is 17.6 Å². The molecule has 1 saturated carbocycles. The van der Waals surface area contributed by atoms with Crippen LogP contribution in [-0.2, 0) is 23.7 Å². The monoisotopic (exact) mass is 289 g/mol. The second-order valence-corrected chi connectivity index (χ2v) is 4.67. The third kappa shape index (κ3) is 4.97. The van der Waals surface area contributed by atoms with Crippen LogP contribution in [0, 0.1) is 0 Å². The molecule has 0 aromatic heterocycles. The van der Waals surface area contributed by atoms with E-state index >= 15 is 0 Å². The number of nitrogens with one attached hydrogen (secondary N) is 1. The Hall–Kier alpha value is -1.34. The minimum Gasteiger partial charge on any atom is -0.461 e. The molecule has 0 heterocycles. The zero-order valence-electron chi connectivity index (χ0n) is 12.1. The van der Waals surface area contributed by atoms with E-state index in [2.05, 4.69) is 5.32 Å². The molecule has 0 unspecified atom stereocenters. The van der Waals surface area contributed by atoms with Crippen molar-refractivity contribution in [3.8, 4) is 0 Å². The Kier molecular flexibility index (Phi) is 7.32. The van der Waals surface area contributed by atoms with E-state index in [1.165, 1.54) is 14.2 Å². The zero-order valence-corrected chi connectivity index (χ0v) is 12.1. The first-order valence-electron chi connectivity index (χ1n) is 6.74. The molecule has 1 fully saturated rings. The summed E-state index contributed by atoms with van der Waals surface area (Å²) in [7, 11) is 3.05. The van der Waals surface area contributed by atoms with Crippen molar-refractivity contribution in [2.24, 2.45) is 0 Å². The fourth-order valence-corrected chi connectivity index (χ4v) is 2.16. The number of carbonyl (C=O) groups is 2. The summed E-state index contributed by atoms with van der Waals surface area (Å²) in [6.45, 7) is 0.980. The summed E-state index contributed by atoms with van der Waals surface area (Å²) in [5, 5.41) is 2.65. The van der Waals surface area contributed by atoms with Crippen LogP contribution in [0.3, 0.4) is 0 Å². The average Bonchev–Trinajstić information content (AvgIpc) is 2.89. The van der Waals surface area contributed by atoms with Crippen molar-refractivity contribution < 1.29 is 28.5 Å². The number of ether oxygens (including phenoxy) is 4. The second-order valence-electron chi connectivity index (χ2n) is 4.67. The highest BCUT2D eigenvalue weighted by Gasteiger charge is 2.44. The van der Waals surface area contributed by atoms with Crippen LogP contribution in [0.1, 0.15) is 25.7 Å². The topological polar surface area (TPSA) is 83.1 Å². The van der Waals surface area contributed by atoms with Crippen LogP contribution in [0.25, 0.3) is 0 Å². The maximum atomic E-state index is 12.1. The Morgan fingerprint density at radius 2 is 1.50 bits per heavy atom. The molecule has 0 bridgehead atoms. The molecule has 1 aliphatic rings. The summed E-state index contributed by atoms with van der Waals surface area (Å²) >= 11 is 0. The summed E-state index contributed by atoms with van der Waals surface area (Å²) in [6.07, 6.45) is 2.26. The highest BCUT2D eigenvalue weighted by Crippen LogP contribution is 2.31. The van der Waals surface area contributed by atoms with Crippen molar-refractivity contribution >= 4 is 12.1 Å². The molecule has 0 atom stereocenters. The molecule has 7 heteroatoms. The average molecular weight is 289 g/mol. The van der Waals surface area contributed by atoms with Crippen molar-refractivity contribution in [3.63, 3.8) is 0 Å². The lowest BCUT2D eigenvalue weighted by Crippen LogP contribution is -2.53. The molecule has 0 saturated heterocycles. The SMILES string of the molecule is COCCOC(=O)NC1(C(=O)OCCOC)CCCC1. The summed E-state index contributed by atoms with van der Waals surface area (Å²) in [4.78, 5) is 23.8. The molecular formula is C13H23NO6. The van der Waals surface area contributed by atoms with Gasteiger partial charge in [0, 0.05) is 14.2 Å².